The largest absolute Gasteiger partial charge is 0.342 e. The van der Waals surface area contributed by atoms with Crippen molar-refractivity contribution in [2.45, 2.75) is 25.3 Å². The van der Waals surface area contributed by atoms with Gasteiger partial charge in [0.2, 0.25) is 5.78 Å². The Morgan fingerprint density at radius 1 is 1.17 bits per heavy atom. The van der Waals surface area contributed by atoms with Crippen LogP contribution in [0, 0.1) is 0 Å². The molecule has 0 N–H and O–H groups in total. The Kier molecular flexibility index (Phi) is 5.04. The molecule has 0 aliphatic carbocycles. The third-order valence-electron chi connectivity index (χ3n) is 4.64. The second kappa shape index (κ2) is 7.06. The lowest BCUT2D eigenvalue weighted by atomic mass is 9.98. The molecule has 0 amide bonds. The zero-order valence-corrected chi connectivity index (χ0v) is 14.9. The van der Waals surface area contributed by atoms with E-state index in [1.807, 2.05) is 42.5 Å². The van der Waals surface area contributed by atoms with Gasteiger partial charge in [-0.05, 0) is 25.0 Å². The average molecular weight is 347 g/mol. The summed E-state index contributed by atoms with van der Waals surface area (Å²) in [5.41, 5.74) is 2.40. The van der Waals surface area contributed by atoms with Crippen molar-refractivity contribution < 1.29 is 18.4 Å². The molecule has 0 saturated carbocycles. The minimum Gasteiger partial charge on any atom is -0.342 e. The first-order valence-corrected chi connectivity index (χ1v) is 9.80. The summed E-state index contributed by atoms with van der Waals surface area (Å²) < 4.78 is 24.7. The van der Waals surface area contributed by atoms with Crippen LogP contribution in [0.4, 0.5) is 0 Å². The van der Waals surface area contributed by atoms with Gasteiger partial charge in [-0.15, -0.1) is 0 Å². The molecule has 6 heteroatoms. The van der Waals surface area contributed by atoms with Crippen LogP contribution in [0.3, 0.4) is 0 Å². The van der Waals surface area contributed by atoms with Crippen LogP contribution in [-0.2, 0) is 20.2 Å². The first kappa shape index (κ1) is 17.2. The number of aromatic nitrogens is 1. The van der Waals surface area contributed by atoms with Gasteiger partial charge >= 0.3 is 7.60 Å². The molecule has 1 aromatic carbocycles. The van der Waals surface area contributed by atoms with Gasteiger partial charge in [0, 0.05) is 37.9 Å². The number of hydrogen-bond acceptors (Lipinski definition) is 4. The van der Waals surface area contributed by atoms with Crippen molar-refractivity contribution in [2.75, 3.05) is 20.4 Å². The maximum absolute atomic E-state index is 12.8. The number of ketones is 1. The van der Waals surface area contributed by atoms with E-state index in [1.54, 1.807) is 0 Å². The summed E-state index contributed by atoms with van der Waals surface area (Å²) >= 11 is 0. The monoisotopic (exact) mass is 347 g/mol. The molecule has 0 fully saturated rings. The first-order valence-electron chi connectivity index (χ1n) is 8.07. The highest BCUT2D eigenvalue weighted by atomic mass is 31.2. The van der Waals surface area contributed by atoms with Gasteiger partial charge in [-0.2, -0.15) is 0 Å². The molecule has 128 valence electrons. The second-order valence-corrected chi connectivity index (χ2v) is 8.31. The number of carbonyl (C=O) groups is 1. The summed E-state index contributed by atoms with van der Waals surface area (Å²) in [7, 11) is -0.250. The molecule has 2 heterocycles. The smallest absolute Gasteiger partial charge is 0.330 e. The van der Waals surface area contributed by atoms with Gasteiger partial charge in [-0.25, -0.2) is 0 Å². The number of hydrogen-bond donors (Lipinski definition) is 0. The predicted octanol–water partition coefficient (Wildman–Crippen LogP) is 4.08. The van der Waals surface area contributed by atoms with Crippen molar-refractivity contribution in [3.05, 3.63) is 59.4 Å². The standard InChI is InChI=1S/C18H22NO4P/c1-22-24(21,23-2)13-15-9-6-12-19-16(15)10-11-17(19)18(20)14-7-4-3-5-8-14/h3-5,7-8,10-11,15H,6,9,12-13H2,1-2H3. The van der Waals surface area contributed by atoms with Gasteiger partial charge in [-0.3, -0.25) is 9.36 Å². The normalized spacial score (nSPS) is 17.5. The van der Waals surface area contributed by atoms with Crippen LogP contribution in [0.5, 0.6) is 0 Å². The van der Waals surface area contributed by atoms with Gasteiger partial charge < -0.3 is 13.6 Å². The summed E-state index contributed by atoms with van der Waals surface area (Å²) in [5.74, 6) is 0.0889. The Labute approximate surface area is 142 Å². The molecule has 1 aromatic heterocycles. The molecule has 3 rings (SSSR count). The molecule has 24 heavy (non-hydrogen) atoms. The van der Waals surface area contributed by atoms with E-state index in [2.05, 4.69) is 4.57 Å². The van der Waals surface area contributed by atoms with Crippen LogP contribution in [0.15, 0.2) is 42.5 Å². The van der Waals surface area contributed by atoms with Crippen LogP contribution >= 0.6 is 7.60 Å². The number of fused-ring (bicyclic) bond motifs is 1. The molecule has 1 aliphatic rings. The van der Waals surface area contributed by atoms with Crippen LogP contribution in [0.25, 0.3) is 0 Å². The minimum atomic E-state index is -3.08. The number of carbonyl (C=O) groups excluding carboxylic acids is 1. The molecular weight excluding hydrogens is 325 g/mol. The van der Waals surface area contributed by atoms with Crippen molar-refractivity contribution >= 4 is 13.4 Å². The quantitative estimate of drug-likeness (QED) is 0.583. The predicted molar refractivity (Wildman–Crippen MR) is 92.8 cm³/mol. The van der Waals surface area contributed by atoms with E-state index < -0.39 is 7.60 Å². The van der Waals surface area contributed by atoms with E-state index in [1.165, 1.54) is 14.2 Å². The Hall–Kier alpha value is -1.68. The highest BCUT2D eigenvalue weighted by Crippen LogP contribution is 2.51. The Morgan fingerprint density at radius 2 is 1.88 bits per heavy atom. The summed E-state index contributed by atoms with van der Waals surface area (Å²) in [5, 5.41) is 0. The molecule has 2 aromatic rings. The van der Waals surface area contributed by atoms with E-state index in [0.29, 0.717) is 17.4 Å². The Bertz CT molecular complexity index is 761. The van der Waals surface area contributed by atoms with E-state index >= 15 is 0 Å². The van der Waals surface area contributed by atoms with Gasteiger partial charge in [0.1, 0.15) is 0 Å². The fourth-order valence-corrected chi connectivity index (χ4v) is 4.70. The van der Waals surface area contributed by atoms with Gasteiger partial charge in [0.05, 0.1) is 11.9 Å². The molecule has 1 aliphatic heterocycles. The fraction of sp³-hybridized carbons (Fsp3) is 0.389. The third kappa shape index (κ3) is 3.25. The number of rotatable bonds is 6. The lowest BCUT2D eigenvalue weighted by Crippen LogP contribution is -2.21. The van der Waals surface area contributed by atoms with Crippen molar-refractivity contribution in [2.24, 2.45) is 0 Å². The molecular formula is C18H22NO4P. The minimum absolute atomic E-state index is 0.0177. The van der Waals surface area contributed by atoms with Gasteiger partial charge in [-0.1, -0.05) is 30.3 Å². The van der Waals surface area contributed by atoms with E-state index in [-0.39, 0.29) is 11.7 Å². The molecule has 0 saturated heterocycles. The van der Waals surface area contributed by atoms with Crippen molar-refractivity contribution in [1.29, 1.82) is 0 Å². The van der Waals surface area contributed by atoms with Gasteiger partial charge in [0.15, 0.2) is 0 Å². The summed E-state index contributed by atoms with van der Waals surface area (Å²) in [4.78, 5) is 12.8. The molecule has 5 nitrogen and oxygen atoms in total. The van der Waals surface area contributed by atoms with Crippen molar-refractivity contribution in [3.8, 4) is 0 Å². The van der Waals surface area contributed by atoms with Crippen LogP contribution in [0.1, 0.15) is 40.5 Å². The lowest BCUT2D eigenvalue weighted by Gasteiger charge is -2.28. The second-order valence-electron chi connectivity index (χ2n) is 5.99. The summed E-state index contributed by atoms with van der Waals surface area (Å²) in [6, 6.07) is 13.1. The SMILES string of the molecule is COP(=O)(CC1CCCn2c(C(=O)c3ccccc3)ccc21)OC. The highest BCUT2D eigenvalue weighted by molar-refractivity contribution is 7.53. The Balaban J connectivity index is 1.90. The molecule has 1 unspecified atom stereocenters. The third-order valence-corrected chi connectivity index (χ3v) is 6.64. The van der Waals surface area contributed by atoms with Crippen molar-refractivity contribution in [1.82, 2.24) is 4.57 Å². The molecule has 0 spiro atoms. The van der Waals surface area contributed by atoms with E-state index in [9.17, 15) is 9.36 Å². The maximum atomic E-state index is 12.8. The number of nitrogens with zero attached hydrogens (tertiary/aromatic N) is 1. The van der Waals surface area contributed by atoms with Crippen LogP contribution in [0.2, 0.25) is 0 Å². The molecule has 1 atom stereocenters. The van der Waals surface area contributed by atoms with E-state index in [0.717, 1.165) is 25.1 Å². The first-order chi connectivity index (χ1) is 11.6. The summed E-state index contributed by atoms with van der Waals surface area (Å²) in [6.07, 6.45) is 2.19. The maximum Gasteiger partial charge on any atom is 0.330 e. The molecule has 0 radical (unpaired) electrons. The molecule has 0 bridgehead atoms. The fourth-order valence-electron chi connectivity index (χ4n) is 3.35. The topological polar surface area (TPSA) is 57.5 Å². The Morgan fingerprint density at radius 3 is 2.54 bits per heavy atom. The van der Waals surface area contributed by atoms with E-state index in [4.69, 9.17) is 9.05 Å². The zero-order valence-electron chi connectivity index (χ0n) is 14.0. The highest BCUT2D eigenvalue weighted by Gasteiger charge is 2.32. The average Bonchev–Trinajstić information content (AvgIpc) is 3.07. The number of benzene rings is 1. The van der Waals surface area contributed by atoms with Gasteiger partial charge in [0.25, 0.3) is 0 Å². The van der Waals surface area contributed by atoms with Crippen LogP contribution < -0.4 is 0 Å². The van der Waals surface area contributed by atoms with Crippen LogP contribution in [-0.4, -0.2) is 30.7 Å². The zero-order chi connectivity index (χ0) is 17.2. The lowest BCUT2D eigenvalue weighted by molar-refractivity contribution is 0.102. The van der Waals surface area contributed by atoms with Crippen molar-refractivity contribution in [3.63, 3.8) is 0 Å². The summed E-state index contributed by atoms with van der Waals surface area (Å²) in [6.45, 7) is 0.803.